The van der Waals surface area contributed by atoms with Gasteiger partial charge in [-0.25, -0.2) is 9.97 Å². The summed E-state index contributed by atoms with van der Waals surface area (Å²) in [5.41, 5.74) is 4.49. The average molecular weight is 387 g/mol. The number of nitrogens with zero attached hydrogens (tertiary/aromatic N) is 4. The van der Waals surface area contributed by atoms with Gasteiger partial charge < -0.3 is 10.7 Å². The largest absolute Gasteiger partial charge is 0.387 e. The van der Waals surface area contributed by atoms with E-state index in [1.807, 2.05) is 24.6 Å². The summed E-state index contributed by atoms with van der Waals surface area (Å²) in [6.45, 7) is 8.67. The van der Waals surface area contributed by atoms with Crippen LogP contribution < -0.4 is 5.32 Å². The molecule has 0 atom stereocenters. The van der Waals surface area contributed by atoms with Gasteiger partial charge in [-0.3, -0.25) is 4.68 Å². The fourth-order valence-corrected chi connectivity index (χ4v) is 3.90. The topological polar surface area (TPSA) is 79.5 Å². The van der Waals surface area contributed by atoms with Crippen LogP contribution in [0.2, 0.25) is 5.15 Å². The van der Waals surface area contributed by atoms with Gasteiger partial charge in [-0.2, -0.15) is 5.10 Å². The number of rotatable bonds is 6. The Morgan fingerprint density at radius 3 is 2.73 bits per heavy atom. The summed E-state index contributed by atoms with van der Waals surface area (Å²) in [5, 5.41) is 16.5. The minimum absolute atomic E-state index is 0.342. The maximum absolute atomic E-state index is 7.80. The fourth-order valence-electron chi connectivity index (χ4n) is 2.77. The van der Waals surface area contributed by atoms with Crippen LogP contribution in [0.5, 0.6) is 0 Å². The van der Waals surface area contributed by atoms with Gasteiger partial charge in [-0.05, 0) is 32.1 Å². The molecule has 6 nitrogen and oxygen atoms in total. The number of anilines is 1. The summed E-state index contributed by atoms with van der Waals surface area (Å²) in [7, 11) is 1.78. The van der Waals surface area contributed by atoms with Crippen LogP contribution in [0.1, 0.15) is 23.1 Å². The Kier molecular flexibility index (Phi) is 5.20. The maximum atomic E-state index is 7.80. The molecular weight excluding hydrogens is 368 g/mol. The Morgan fingerprint density at radius 2 is 2.12 bits per heavy atom. The molecule has 3 heterocycles. The highest BCUT2D eigenvalue weighted by Crippen LogP contribution is 2.37. The van der Waals surface area contributed by atoms with Gasteiger partial charge in [0.1, 0.15) is 21.5 Å². The molecule has 134 valence electrons. The van der Waals surface area contributed by atoms with E-state index >= 15 is 0 Å². The molecule has 0 saturated heterocycles. The van der Waals surface area contributed by atoms with Crippen LogP contribution in [-0.4, -0.2) is 33.0 Å². The molecule has 0 aromatic carbocycles. The highest BCUT2D eigenvalue weighted by Gasteiger charge is 2.20. The zero-order valence-electron chi connectivity index (χ0n) is 14.8. The van der Waals surface area contributed by atoms with E-state index in [-0.39, 0.29) is 0 Å². The molecule has 2 N–H and O–H groups in total. The van der Waals surface area contributed by atoms with E-state index in [1.165, 1.54) is 17.6 Å². The molecule has 3 rings (SSSR count). The SMILES string of the molecule is C=Cc1sc(-c2cc(C)nn2CC)nc1-c1nc(Cl)cc(NC)c1C=N. The maximum Gasteiger partial charge on any atom is 0.142 e. The number of thiazole rings is 1. The molecule has 8 heteroatoms. The molecule has 26 heavy (non-hydrogen) atoms. The van der Waals surface area contributed by atoms with Crippen molar-refractivity contribution in [2.75, 3.05) is 12.4 Å². The molecule has 0 saturated carbocycles. The first-order valence-electron chi connectivity index (χ1n) is 8.09. The van der Waals surface area contributed by atoms with E-state index in [9.17, 15) is 0 Å². The number of aromatic nitrogens is 4. The second kappa shape index (κ2) is 7.39. The van der Waals surface area contributed by atoms with Crippen LogP contribution >= 0.6 is 22.9 Å². The molecule has 3 aromatic heterocycles. The monoisotopic (exact) mass is 386 g/mol. The van der Waals surface area contributed by atoms with Crippen LogP contribution in [0.4, 0.5) is 5.69 Å². The lowest BCUT2D eigenvalue weighted by atomic mass is 10.1. The zero-order valence-corrected chi connectivity index (χ0v) is 16.4. The number of pyridine rings is 1. The van der Waals surface area contributed by atoms with Crippen LogP contribution in [-0.2, 0) is 6.54 Å². The third-order valence-corrected chi connectivity index (χ3v) is 5.19. The van der Waals surface area contributed by atoms with Crippen molar-refractivity contribution in [3.8, 4) is 22.1 Å². The predicted molar refractivity (Wildman–Crippen MR) is 110 cm³/mol. The predicted octanol–water partition coefficient (Wildman–Crippen LogP) is 4.73. The Balaban J connectivity index is 2.24. The zero-order chi connectivity index (χ0) is 18.8. The van der Waals surface area contributed by atoms with Gasteiger partial charge in [0.15, 0.2) is 0 Å². The van der Waals surface area contributed by atoms with Crippen molar-refractivity contribution < 1.29 is 0 Å². The van der Waals surface area contributed by atoms with E-state index in [2.05, 4.69) is 22.0 Å². The van der Waals surface area contributed by atoms with Crippen LogP contribution in [0.3, 0.4) is 0 Å². The van der Waals surface area contributed by atoms with Crippen LogP contribution in [0.25, 0.3) is 28.2 Å². The Morgan fingerprint density at radius 1 is 1.35 bits per heavy atom. The van der Waals surface area contributed by atoms with Gasteiger partial charge in [0.2, 0.25) is 0 Å². The minimum Gasteiger partial charge on any atom is -0.387 e. The third kappa shape index (κ3) is 3.15. The third-order valence-electron chi connectivity index (χ3n) is 3.92. The molecule has 0 fully saturated rings. The quantitative estimate of drug-likeness (QED) is 0.474. The van der Waals surface area contributed by atoms with Crippen LogP contribution in [0.15, 0.2) is 18.7 Å². The molecule has 0 aliphatic rings. The molecule has 0 amide bonds. The lowest BCUT2D eigenvalue weighted by Gasteiger charge is -2.10. The van der Waals surface area contributed by atoms with Gasteiger partial charge in [-0.1, -0.05) is 18.2 Å². The number of halogens is 1. The molecule has 0 aliphatic heterocycles. The molecule has 0 unspecified atom stereocenters. The number of nitrogens with one attached hydrogen (secondary N) is 2. The van der Waals surface area contributed by atoms with Crippen molar-refractivity contribution in [1.82, 2.24) is 19.7 Å². The van der Waals surface area contributed by atoms with Gasteiger partial charge in [0.05, 0.1) is 16.3 Å². The van der Waals surface area contributed by atoms with Gasteiger partial charge in [-0.15, -0.1) is 11.3 Å². The van der Waals surface area contributed by atoms with Gasteiger partial charge >= 0.3 is 0 Å². The first kappa shape index (κ1) is 18.3. The van der Waals surface area contributed by atoms with Crippen molar-refractivity contribution in [1.29, 1.82) is 5.41 Å². The molecular formula is C18H19ClN6S. The Bertz CT molecular complexity index is 988. The van der Waals surface area contributed by atoms with Crippen molar-refractivity contribution in [2.45, 2.75) is 20.4 Å². The first-order valence-corrected chi connectivity index (χ1v) is 9.29. The van der Waals surface area contributed by atoms with Crippen molar-refractivity contribution in [2.24, 2.45) is 0 Å². The van der Waals surface area contributed by atoms with Gasteiger partial charge in [0, 0.05) is 31.1 Å². The summed E-state index contributed by atoms with van der Waals surface area (Å²) in [6.07, 6.45) is 3.02. The highest BCUT2D eigenvalue weighted by molar-refractivity contribution is 7.16. The fraction of sp³-hybridized carbons (Fsp3) is 0.222. The number of hydrogen-bond donors (Lipinski definition) is 2. The molecule has 0 bridgehead atoms. The Labute approximate surface area is 161 Å². The lowest BCUT2D eigenvalue weighted by Crippen LogP contribution is -2.01. The summed E-state index contributed by atoms with van der Waals surface area (Å²) in [4.78, 5) is 10.1. The second-order valence-electron chi connectivity index (χ2n) is 5.57. The number of aryl methyl sites for hydroxylation is 2. The van der Waals surface area contributed by atoms with Gasteiger partial charge in [0.25, 0.3) is 0 Å². The average Bonchev–Trinajstić information content (AvgIpc) is 3.23. The highest BCUT2D eigenvalue weighted by atomic mass is 35.5. The van der Waals surface area contributed by atoms with E-state index < -0.39 is 0 Å². The molecule has 3 aromatic rings. The smallest absolute Gasteiger partial charge is 0.142 e. The normalized spacial score (nSPS) is 10.8. The van der Waals surface area contributed by atoms with Crippen molar-refractivity contribution in [3.05, 3.63) is 40.0 Å². The van der Waals surface area contributed by atoms with E-state index in [4.69, 9.17) is 22.0 Å². The van der Waals surface area contributed by atoms with Crippen LogP contribution in [0, 0.1) is 12.3 Å². The minimum atomic E-state index is 0.342. The van der Waals surface area contributed by atoms with Crippen molar-refractivity contribution >= 4 is 40.9 Å². The van der Waals surface area contributed by atoms with E-state index in [1.54, 1.807) is 19.2 Å². The second-order valence-corrected chi connectivity index (χ2v) is 6.99. The summed E-state index contributed by atoms with van der Waals surface area (Å²) in [6, 6.07) is 3.71. The molecule has 0 radical (unpaired) electrons. The molecule has 0 aliphatic carbocycles. The number of hydrogen-bond acceptors (Lipinski definition) is 6. The lowest BCUT2D eigenvalue weighted by molar-refractivity contribution is 0.660. The first-order chi connectivity index (χ1) is 12.5. The molecule has 0 spiro atoms. The summed E-state index contributed by atoms with van der Waals surface area (Å²) < 4.78 is 1.92. The summed E-state index contributed by atoms with van der Waals surface area (Å²) in [5.74, 6) is 0. The standard InChI is InChI=1S/C18H19ClN6S/c1-5-14-17(16-11(9-20)12(21-4)8-15(19)22-16)23-18(26-14)13-7-10(3)24-25(13)6-2/h5,7-9,20H,1,6H2,2-4H3,(H,21,22). The van der Waals surface area contributed by atoms with E-state index in [0.29, 0.717) is 22.1 Å². The Hall–Kier alpha value is -2.51. The van der Waals surface area contributed by atoms with E-state index in [0.717, 1.165) is 33.5 Å². The van der Waals surface area contributed by atoms with Crippen molar-refractivity contribution in [3.63, 3.8) is 0 Å². The summed E-state index contributed by atoms with van der Waals surface area (Å²) >= 11 is 7.71.